The summed E-state index contributed by atoms with van der Waals surface area (Å²) in [6.45, 7) is 0. The molecule has 0 aliphatic carbocycles. The van der Waals surface area contributed by atoms with Gasteiger partial charge in [-0.3, -0.25) is 4.79 Å². The van der Waals surface area contributed by atoms with Crippen LogP contribution in [0.25, 0.3) is 22.0 Å². The van der Waals surface area contributed by atoms with Crippen LogP contribution in [0, 0.1) is 0 Å². The second-order valence-electron chi connectivity index (χ2n) is 4.76. The second kappa shape index (κ2) is 5.73. The van der Waals surface area contributed by atoms with Crippen molar-refractivity contribution in [3.63, 3.8) is 0 Å². The SMILES string of the molecule is COc1ccc2c(c1)c(-c1ccc(Cl)cc1)cc(=O)n2OC. The molecule has 4 nitrogen and oxygen atoms in total. The zero-order chi connectivity index (χ0) is 15.7. The Labute approximate surface area is 132 Å². The van der Waals surface area contributed by atoms with Gasteiger partial charge in [0, 0.05) is 16.5 Å². The molecule has 5 heteroatoms. The molecule has 2 aromatic carbocycles. The van der Waals surface area contributed by atoms with Gasteiger partial charge in [0.2, 0.25) is 0 Å². The van der Waals surface area contributed by atoms with Gasteiger partial charge < -0.3 is 9.57 Å². The zero-order valence-electron chi connectivity index (χ0n) is 12.2. The summed E-state index contributed by atoms with van der Waals surface area (Å²) in [5, 5.41) is 1.51. The third-order valence-corrected chi connectivity index (χ3v) is 3.77. The van der Waals surface area contributed by atoms with Gasteiger partial charge in [0.15, 0.2) is 0 Å². The average molecular weight is 316 g/mol. The molecular weight excluding hydrogens is 302 g/mol. The molecule has 0 spiro atoms. The van der Waals surface area contributed by atoms with Crippen molar-refractivity contribution >= 4 is 22.5 Å². The maximum absolute atomic E-state index is 12.3. The lowest BCUT2D eigenvalue weighted by Gasteiger charge is -2.13. The van der Waals surface area contributed by atoms with Crippen molar-refractivity contribution in [1.29, 1.82) is 0 Å². The Hall–Kier alpha value is -2.46. The summed E-state index contributed by atoms with van der Waals surface area (Å²) >= 11 is 5.94. The van der Waals surface area contributed by atoms with E-state index in [1.165, 1.54) is 11.8 Å². The Bertz CT molecular complexity index is 885. The van der Waals surface area contributed by atoms with E-state index in [-0.39, 0.29) is 5.56 Å². The fourth-order valence-electron chi connectivity index (χ4n) is 2.47. The van der Waals surface area contributed by atoms with Crippen LogP contribution in [0.1, 0.15) is 0 Å². The van der Waals surface area contributed by atoms with Crippen molar-refractivity contribution in [1.82, 2.24) is 4.73 Å². The first-order chi connectivity index (χ1) is 10.6. The Morgan fingerprint density at radius 1 is 1.00 bits per heavy atom. The fourth-order valence-corrected chi connectivity index (χ4v) is 2.60. The largest absolute Gasteiger partial charge is 0.497 e. The van der Waals surface area contributed by atoms with Crippen molar-refractivity contribution in [2.75, 3.05) is 14.2 Å². The summed E-state index contributed by atoms with van der Waals surface area (Å²) in [6, 6.07) is 14.4. The quantitative estimate of drug-likeness (QED) is 0.744. The number of rotatable bonds is 3. The third-order valence-electron chi connectivity index (χ3n) is 3.52. The van der Waals surface area contributed by atoms with E-state index in [0.717, 1.165) is 16.5 Å². The zero-order valence-corrected chi connectivity index (χ0v) is 12.9. The van der Waals surface area contributed by atoms with Crippen LogP contribution in [0.4, 0.5) is 0 Å². The normalized spacial score (nSPS) is 10.7. The minimum absolute atomic E-state index is 0.231. The molecule has 112 valence electrons. The molecule has 0 aliphatic rings. The van der Waals surface area contributed by atoms with Crippen LogP contribution in [0.3, 0.4) is 0 Å². The third kappa shape index (κ3) is 2.42. The lowest BCUT2D eigenvalue weighted by molar-refractivity contribution is 0.169. The molecule has 0 unspecified atom stereocenters. The first-order valence-corrected chi connectivity index (χ1v) is 7.06. The van der Waals surface area contributed by atoms with Crippen LogP contribution in [-0.2, 0) is 0 Å². The molecule has 3 rings (SSSR count). The minimum Gasteiger partial charge on any atom is -0.497 e. The number of nitrogens with zero attached hydrogens (tertiary/aromatic N) is 1. The molecule has 0 fully saturated rings. The molecular formula is C17H14ClNO3. The van der Waals surface area contributed by atoms with E-state index in [0.29, 0.717) is 16.3 Å². The van der Waals surface area contributed by atoms with Crippen LogP contribution < -0.4 is 15.1 Å². The van der Waals surface area contributed by atoms with Gasteiger partial charge in [0.25, 0.3) is 5.56 Å². The summed E-state index contributed by atoms with van der Waals surface area (Å²) in [7, 11) is 3.07. The number of hydrogen-bond acceptors (Lipinski definition) is 3. The molecule has 0 saturated heterocycles. The van der Waals surface area contributed by atoms with Gasteiger partial charge in [-0.25, -0.2) is 0 Å². The number of ether oxygens (including phenoxy) is 1. The summed E-state index contributed by atoms with van der Waals surface area (Å²) in [5.41, 5.74) is 2.16. The predicted octanol–water partition coefficient (Wildman–Crippen LogP) is 3.39. The maximum atomic E-state index is 12.3. The Morgan fingerprint density at radius 3 is 2.36 bits per heavy atom. The highest BCUT2D eigenvalue weighted by Gasteiger charge is 2.12. The van der Waals surface area contributed by atoms with E-state index in [1.807, 2.05) is 18.2 Å². The van der Waals surface area contributed by atoms with Crippen LogP contribution in [-0.4, -0.2) is 19.0 Å². The maximum Gasteiger partial charge on any atom is 0.284 e. The minimum atomic E-state index is -0.231. The molecule has 0 amide bonds. The molecule has 22 heavy (non-hydrogen) atoms. The highest BCUT2D eigenvalue weighted by molar-refractivity contribution is 6.30. The van der Waals surface area contributed by atoms with Gasteiger partial charge >= 0.3 is 0 Å². The molecule has 0 bridgehead atoms. The highest BCUT2D eigenvalue weighted by atomic mass is 35.5. The van der Waals surface area contributed by atoms with E-state index in [4.69, 9.17) is 21.2 Å². The Morgan fingerprint density at radius 2 is 1.73 bits per heavy atom. The number of pyridine rings is 1. The van der Waals surface area contributed by atoms with Crippen molar-refractivity contribution in [2.45, 2.75) is 0 Å². The molecule has 0 atom stereocenters. The van der Waals surface area contributed by atoms with Crippen LogP contribution >= 0.6 is 11.6 Å². The van der Waals surface area contributed by atoms with Crippen molar-refractivity contribution in [3.8, 4) is 16.9 Å². The van der Waals surface area contributed by atoms with Gasteiger partial charge in [0.1, 0.15) is 12.9 Å². The number of benzene rings is 2. The number of fused-ring (bicyclic) bond motifs is 1. The van der Waals surface area contributed by atoms with E-state index >= 15 is 0 Å². The van der Waals surface area contributed by atoms with Gasteiger partial charge in [-0.05, 0) is 41.5 Å². The summed E-state index contributed by atoms with van der Waals surface area (Å²) in [4.78, 5) is 17.4. The van der Waals surface area contributed by atoms with E-state index in [2.05, 4.69) is 0 Å². The van der Waals surface area contributed by atoms with Crippen molar-refractivity contribution in [3.05, 3.63) is 63.9 Å². The molecule has 1 aromatic heterocycles. The lowest BCUT2D eigenvalue weighted by Crippen LogP contribution is -2.24. The summed E-state index contributed by atoms with van der Waals surface area (Å²) in [6.07, 6.45) is 0. The summed E-state index contributed by atoms with van der Waals surface area (Å²) < 4.78 is 6.54. The molecule has 3 aromatic rings. The monoisotopic (exact) mass is 315 g/mol. The number of aromatic nitrogens is 1. The number of methoxy groups -OCH3 is 1. The molecule has 0 N–H and O–H groups in total. The van der Waals surface area contributed by atoms with Crippen molar-refractivity contribution < 1.29 is 9.57 Å². The van der Waals surface area contributed by atoms with E-state index in [9.17, 15) is 4.79 Å². The second-order valence-corrected chi connectivity index (χ2v) is 5.20. The standard InChI is InChI=1S/C17H14ClNO3/c1-21-13-7-8-16-15(9-13)14(10-17(20)19(16)22-2)11-3-5-12(18)6-4-11/h3-10H,1-2H3. The van der Waals surface area contributed by atoms with E-state index < -0.39 is 0 Å². The van der Waals surface area contributed by atoms with Gasteiger partial charge in [0.05, 0.1) is 12.6 Å². The van der Waals surface area contributed by atoms with Gasteiger partial charge in [-0.15, -0.1) is 4.73 Å². The average Bonchev–Trinajstić information content (AvgIpc) is 2.54. The summed E-state index contributed by atoms with van der Waals surface area (Å²) in [5.74, 6) is 0.712. The van der Waals surface area contributed by atoms with Crippen LogP contribution in [0.15, 0.2) is 53.3 Å². The number of hydrogen-bond donors (Lipinski definition) is 0. The highest BCUT2D eigenvalue weighted by Crippen LogP contribution is 2.30. The topological polar surface area (TPSA) is 40.5 Å². The molecule has 1 heterocycles. The molecule has 0 aliphatic heterocycles. The Kier molecular flexibility index (Phi) is 3.77. The van der Waals surface area contributed by atoms with Crippen molar-refractivity contribution in [2.24, 2.45) is 0 Å². The van der Waals surface area contributed by atoms with Gasteiger partial charge in [-0.1, -0.05) is 23.7 Å². The number of halogens is 1. The molecule has 0 saturated carbocycles. The lowest BCUT2D eigenvalue weighted by atomic mass is 10.0. The smallest absolute Gasteiger partial charge is 0.284 e. The van der Waals surface area contributed by atoms with Crippen LogP contribution in [0.2, 0.25) is 5.02 Å². The first-order valence-electron chi connectivity index (χ1n) is 6.68. The fraction of sp³-hybridized carbons (Fsp3) is 0.118. The first kappa shape index (κ1) is 14.5. The van der Waals surface area contributed by atoms with Gasteiger partial charge in [-0.2, -0.15) is 0 Å². The van der Waals surface area contributed by atoms with Crippen LogP contribution in [0.5, 0.6) is 5.75 Å². The predicted molar refractivity (Wildman–Crippen MR) is 87.7 cm³/mol. The molecule has 0 radical (unpaired) electrons. The Balaban J connectivity index is 2.38. The van der Waals surface area contributed by atoms with E-state index in [1.54, 1.807) is 37.4 Å².